The van der Waals surface area contributed by atoms with Crippen LogP contribution in [0.5, 0.6) is 5.75 Å². The summed E-state index contributed by atoms with van der Waals surface area (Å²) in [6.45, 7) is 8.20. The van der Waals surface area contributed by atoms with Crippen LogP contribution in [-0.2, 0) is 11.2 Å². The van der Waals surface area contributed by atoms with Gasteiger partial charge in [-0.25, -0.2) is 0 Å². The second kappa shape index (κ2) is 11.8. The minimum atomic E-state index is -4.81. The lowest BCUT2D eigenvalue weighted by atomic mass is 9.89. The molecule has 2 aromatic rings. The van der Waals surface area contributed by atoms with Gasteiger partial charge in [-0.05, 0) is 81.0 Å². The second-order valence-electron chi connectivity index (χ2n) is 11.0. The van der Waals surface area contributed by atoms with E-state index in [4.69, 9.17) is 4.99 Å². The number of amides is 2. The van der Waals surface area contributed by atoms with Gasteiger partial charge in [-0.1, -0.05) is 17.5 Å². The summed E-state index contributed by atoms with van der Waals surface area (Å²) in [4.78, 5) is 32.1. The maximum atomic E-state index is 13.0. The highest BCUT2D eigenvalue weighted by atomic mass is 32.2. The maximum absolute atomic E-state index is 13.0. The zero-order chi connectivity index (χ0) is 30.2. The minimum Gasteiger partial charge on any atom is -0.406 e. The van der Waals surface area contributed by atoms with Crippen LogP contribution in [0.2, 0.25) is 0 Å². The number of piperidine rings is 1. The molecule has 8 nitrogen and oxygen atoms in total. The molecule has 5 rings (SSSR count). The Bertz CT molecular complexity index is 1420. The fourth-order valence-corrected chi connectivity index (χ4v) is 7.70. The number of aliphatic imine (C=N–C) groups is 1. The van der Waals surface area contributed by atoms with Crippen LogP contribution in [0.3, 0.4) is 0 Å². The number of hydrogen-bond donors (Lipinski definition) is 2. The molecule has 0 aliphatic carbocycles. The number of halogens is 3. The van der Waals surface area contributed by atoms with E-state index in [0.717, 1.165) is 23.3 Å². The number of benzene rings is 2. The number of nitrogens with one attached hydrogen (secondary N) is 1. The van der Waals surface area contributed by atoms with Crippen LogP contribution in [0.25, 0.3) is 0 Å². The van der Waals surface area contributed by atoms with Crippen molar-refractivity contribution in [2.24, 2.45) is 4.99 Å². The predicted molar refractivity (Wildman–Crippen MR) is 157 cm³/mol. The van der Waals surface area contributed by atoms with Gasteiger partial charge in [-0.3, -0.25) is 18.9 Å². The zero-order valence-corrected chi connectivity index (χ0v) is 24.6. The summed E-state index contributed by atoms with van der Waals surface area (Å²) >= 11 is 0. The molecule has 3 aliphatic heterocycles. The van der Waals surface area contributed by atoms with Gasteiger partial charge in [0.25, 0.3) is 11.8 Å². The van der Waals surface area contributed by atoms with Gasteiger partial charge in [0.2, 0.25) is 0 Å². The largest absolute Gasteiger partial charge is 0.573 e. The highest BCUT2D eigenvalue weighted by molar-refractivity contribution is 8.12. The first-order chi connectivity index (χ1) is 19.9. The first-order valence-corrected chi connectivity index (χ1v) is 15.4. The molecular weight excluding hydrogens is 569 g/mol. The van der Waals surface area contributed by atoms with E-state index in [2.05, 4.69) is 19.7 Å². The number of carbonyl (C=O) groups is 2. The summed E-state index contributed by atoms with van der Waals surface area (Å²) in [6, 6.07) is 9.35. The third-order valence-corrected chi connectivity index (χ3v) is 10.3. The molecule has 2 N–H and O–H groups in total. The third-order valence-electron chi connectivity index (χ3n) is 8.13. The average Bonchev–Trinajstić information content (AvgIpc) is 3.23. The number of nitrogens with zero attached hydrogens (tertiary/aromatic N) is 3. The number of carbonyl (C=O) groups excluding carboxylic acids is 2. The molecule has 12 heteroatoms. The number of β-amino-alcohol motifs (C(OH)–C–C–N with tert-alkyl or cyclic N) is 1. The molecule has 2 fully saturated rings. The lowest BCUT2D eigenvalue weighted by Crippen LogP contribution is -2.53. The number of likely N-dealkylation sites (tertiary alicyclic amines) is 1. The molecule has 0 saturated carbocycles. The van der Waals surface area contributed by atoms with E-state index < -0.39 is 18.0 Å². The molecule has 1 unspecified atom stereocenters. The molecule has 0 radical (unpaired) electrons. The Hall–Kier alpha value is -3.22. The van der Waals surface area contributed by atoms with Crippen molar-refractivity contribution in [1.82, 2.24) is 14.5 Å². The van der Waals surface area contributed by atoms with Gasteiger partial charge in [-0.15, -0.1) is 23.8 Å². The van der Waals surface area contributed by atoms with Crippen LogP contribution in [0.1, 0.15) is 52.4 Å². The Morgan fingerprint density at radius 3 is 2.45 bits per heavy atom. The molecule has 3 aliphatic rings. The third kappa shape index (κ3) is 6.40. The molecule has 0 aromatic heterocycles. The molecule has 1 atom stereocenters. The summed E-state index contributed by atoms with van der Waals surface area (Å²) in [6.07, 6.45) is -3.36. The number of alkyl halides is 3. The number of amidine groups is 1. The Morgan fingerprint density at radius 2 is 1.86 bits per heavy atom. The van der Waals surface area contributed by atoms with Crippen LogP contribution in [0, 0.1) is 13.8 Å². The summed E-state index contributed by atoms with van der Waals surface area (Å²) in [5.74, 6) is 0.529. The quantitative estimate of drug-likeness (QED) is 0.467. The van der Waals surface area contributed by atoms with Crippen LogP contribution in [-0.4, -0.2) is 87.3 Å². The average molecular weight is 605 g/mol. The number of hydrogen-bond acceptors (Lipinski definition) is 6. The first-order valence-electron chi connectivity index (χ1n) is 14.0. The summed E-state index contributed by atoms with van der Waals surface area (Å²) in [5.41, 5.74) is 3.46. The Labute approximate surface area is 245 Å². The monoisotopic (exact) mass is 604 g/mol. The minimum absolute atomic E-state index is 0.0500. The molecular formula is C30H35F3N4O4S. The van der Waals surface area contributed by atoms with E-state index >= 15 is 0 Å². The Kier molecular flexibility index (Phi) is 8.51. The fourth-order valence-electron chi connectivity index (χ4n) is 5.84. The standard InChI is InChI=1S/C30H35F3N4O4S/c1-4-42(13-8-25-19(2)14-22(15-20(25)3)27(39)36-17-23(38)18-36)37-11-9-29(10-12-37)28(40)34-26(35-29)21-6-5-7-24(16-21)41-30(31,32)33/h4-7,14-16,23,38H,8-13,17-18H2,1-3H3,(H,34,35,40). The first kappa shape index (κ1) is 30.2. The topological polar surface area (TPSA) is 94.5 Å². The van der Waals surface area contributed by atoms with Gasteiger partial charge in [0.15, 0.2) is 0 Å². The maximum Gasteiger partial charge on any atom is 0.573 e. The number of ether oxygens (including phenoxy) is 1. The molecule has 2 amide bonds. The van der Waals surface area contributed by atoms with Crippen LogP contribution < -0.4 is 10.1 Å². The SMILES string of the molecule is C/C=S(\CCc1c(C)cc(C(=O)N2CC(O)C2)cc1C)N1CCC2(CC1)N=C(c1cccc(OC(F)(F)F)c1)NC2=O. The van der Waals surface area contributed by atoms with Crippen molar-refractivity contribution in [3.8, 4) is 5.75 Å². The van der Waals surface area contributed by atoms with Crippen molar-refractivity contribution in [2.75, 3.05) is 31.9 Å². The van der Waals surface area contributed by atoms with E-state index in [9.17, 15) is 27.9 Å². The molecule has 3 heterocycles. The molecule has 1 spiro atoms. The van der Waals surface area contributed by atoms with Gasteiger partial charge in [0.1, 0.15) is 17.1 Å². The van der Waals surface area contributed by atoms with Gasteiger partial charge < -0.3 is 20.1 Å². The van der Waals surface area contributed by atoms with Crippen molar-refractivity contribution in [2.45, 2.75) is 58.0 Å². The van der Waals surface area contributed by atoms with Crippen molar-refractivity contribution in [3.63, 3.8) is 0 Å². The molecule has 2 saturated heterocycles. The summed E-state index contributed by atoms with van der Waals surface area (Å²) < 4.78 is 44.4. The van der Waals surface area contributed by atoms with Crippen LogP contribution in [0.4, 0.5) is 13.2 Å². The lowest BCUT2D eigenvalue weighted by Gasteiger charge is -2.37. The van der Waals surface area contributed by atoms with Gasteiger partial charge in [0, 0.05) is 43.1 Å². The summed E-state index contributed by atoms with van der Waals surface area (Å²) in [7, 11) is -0.136. The number of aliphatic hydroxyl groups excluding tert-OH is 1. The van der Waals surface area contributed by atoms with E-state index in [0.29, 0.717) is 50.1 Å². The molecule has 0 bridgehead atoms. The van der Waals surface area contributed by atoms with Crippen molar-refractivity contribution in [1.29, 1.82) is 0 Å². The Balaban J connectivity index is 1.21. The van der Waals surface area contributed by atoms with Crippen molar-refractivity contribution >= 4 is 33.7 Å². The summed E-state index contributed by atoms with van der Waals surface area (Å²) in [5, 5.41) is 14.5. The normalized spacial score (nSPS) is 19.9. The van der Waals surface area contributed by atoms with E-state index in [1.807, 2.05) is 32.9 Å². The zero-order valence-electron chi connectivity index (χ0n) is 23.8. The highest BCUT2D eigenvalue weighted by Gasteiger charge is 2.46. The number of aliphatic hydroxyl groups is 1. The van der Waals surface area contributed by atoms with E-state index in [-0.39, 0.29) is 34.1 Å². The van der Waals surface area contributed by atoms with Gasteiger partial charge in [0.05, 0.1) is 6.10 Å². The predicted octanol–water partition coefficient (Wildman–Crippen LogP) is 3.98. The fraction of sp³-hybridized carbons (Fsp3) is 0.467. The molecule has 42 heavy (non-hydrogen) atoms. The van der Waals surface area contributed by atoms with Crippen molar-refractivity contribution in [3.05, 3.63) is 64.2 Å². The van der Waals surface area contributed by atoms with Gasteiger partial charge >= 0.3 is 6.36 Å². The number of rotatable bonds is 7. The Morgan fingerprint density at radius 1 is 1.19 bits per heavy atom. The highest BCUT2D eigenvalue weighted by Crippen LogP contribution is 2.36. The van der Waals surface area contributed by atoms with Crippen LogP contribution >= 0.6 is 10.7 Å². The second-order valence-corrected chi connectivity index (χ2v) is 13.2. The van der Waals surface area contributed by atoms with Gasteiger partial charge in [-0.2, -0.15) is 0 Å². The van der Waals surface area contributed by atoms with E-state index in [1.165, 1.54) is 23.8 Å². The van der Waals surface area contributed by atoms with Crippen molar-refractivity contribution < 1.29 is 32.6 Å². The molecule has 2 aromatic carbocycles. The van der Waals surface area contributed by atoms with Crippen LogP contribution in [0.15, 0.2) is 41.4 Å². The lowest BCUT2D eigenvalue weighted by molar-refractivity contribution is -0.274. The molecule has 226 valence electrons. The van der Waals surface area contributed by atoms with E-state index in [1.54, 1.807) is 11.0 Å². The number of aryl methyl sites for hydroxylation is 2. The smallest absolute Gasteiger partial charge is 0.406 e.